The Morgan fingerprint density at radius 3 is 2.64 bits per heavy atom. The molecule has 0 saturated carbocycles. The molecule has 0 aliphatic heterocycles. The van der Waals surface area contributed by atoms with Crippen molar-refractivity contribution in [3.63, 3.8) is 0 Å². The highest BCUT2D eigenvalue weighted by Crippen LogP contribution is 2.24. The van der Waals surface area contributed by atoms with Crippen LogP contribution in [0.3, 0.4) is 0 Å². The van der Waals surface area contributed by atoms with E-state index >= 15 is 0 Å². The lowest BCUT2D eigenvalue weighted by Crippen LogP contribution is -2.24. The summed E-state index contributed by atoms with van der Waals surface area (Å²) < 4.78 is 13.0. The molecule has 4 heteroatoms. The lowest BCUT2D eigenvalue weighted by Gasteiger charge is -2.15. The van der Waals surface area contributed by atoms with Crippen LogP contribution >= 0.6 is 15.9 Å². The van der Waals surface area contributed by atoms with Gasteiger partial charge in [0.25, 0.3) is 0 Å². The van der Waals surface area contributed by atoms with E-state index in [0.29, 0.717) is 15.6 Å². The summed E-state index contributed by atoms with van der Waals surface area (Å²) in [5, 5.41) is 9.65. The van der Waals surface area contributed by atoms with Crippen LogP contribution in [0.4, 0.5) is 4.39 Å². The van der Waals surface area contributed by atoms with E-state index < -0.39 is 12.8 Å². The third-order valence-electron chi connectivity index (χ3n) is 2.06. The van der Waals surface area contributed by atoms with E-state index in [1.54, 1.807) is 25.1 Å². The van der Waals surface area contributed by atoms with Gasteiger partial charge in [-0.3, -0.25) is 0 Å². The van der Waals surface area contributed by atoms with E-state index in [4.69, 9.17) is 5.73 Å². The number of nitrogens with two attached hydrogens (primary N) is 1. The molecule has 1 aromatic carbocycles. The molecule has 2 nitrogen and oxygen atoms in total. The SMILES string of the molecule is CC(N)C(O)c1ccc(CF)c(Br)c1. The number of hydrogen-bond acceptors (Lipinski definition) is 2. The molecule has 2 unspecified atom stereocenters. The minimum absolute atomic E-state index is 0.335. The van der Waals surface area contributed by atoms with Crippen molar-refractivity contribution in [1.82, 2.24) is 0 Å². The first-order chi connectivity index (χ1) is 6.56. The first-order valence-corrected chi connectivity index (χ1v) is 5.13. The summed E-state index contributed by atoms with van der Waals surface area (Å²) in [7, 11) is 0. The molecule has 0 aliphatic carbocycles. The Labute approximate surface area is 91.1 Å². The number of benzene rings is 1. The van der Waals surface area contributed by atoms with Crippen molar-refractivity contribution in [3.05, 3.63) is 33.8 Å². The van der Waals surface area contributed by atoms with E-state index in [9.17, 15) is 9.50 Å². The second-order valence-electron chi connectivity index (χ2n) is 3.29. The first kappa shape index (κ1) is 11.6. The molecule has 0 saturated heterocycles. The predicted molar refractivity (Wildman–Crippen MR) is 57.6 cm³/mol. The summed E-state index contributed by atoms with van der Waals surface area (Å²) in [5.41, 5.74) is 6.82. The Morgan fingerprint density at radius 1 is 1.57 bits per heavy atom. The summed E-state index contributed by atoms with van der Waals surface area (Å²) in [6.07, 6.45) is -0.708. The van der Waals surface area contributed by atoms with Crippen molar-refractivity contribution in [2.75, 3.05) is 0 Å². The molecule has 2 atom stereocenters. The van der Waals surface area contributed by atoms with Crippen LogP contribution in [0, 0.1) is 0 Å². The molecule has 0 bridgehead atoms. The molecule has 0 amide bonds. The van der Waals surface area contributed by atoms with E-state index in [1.807, 2.05) is 0 Å². The van der Waals surface area contributed by atoms with Crippen molar-refractivity contribution < 1.29 is 9.50 Å². The van der Waals surface area contributed by atoms with Crippen LogP contribution in [-0.2, 0) is 6.67 Å². The summed E-state index contributed by atoms with van der Waals surface area (Å²) in [5.74, 6) is 0. The van der Waals surface area contributed by atoms with Crippen molar-refractivity contribution in [2.24, 2.45) is 5.73 Å². The number of rotatable bonds is 3. The van der Waals surface area contributed by atoms with Gasteiger partial charge in [-0.15, -0.1) is 0 Å². The maximum absolute atomic E-state index is 12.4. The predicted octanol–water partition coefficient (Wildman–Crippen LogP) is 2.30. The second-order valence-corrected chi connectivity index (χ2v) is 4.14. The normalized spacial score (nSPS) is 15.2. The highest BCUT2D eigenvalue weighted by Gasteiger charge is 2.13. The van der Waals surface area contributed by atoms with E-state index in [0.717, 1.165) is 0 Å². The van der Waals surface area contributed by atoms with Gasteiger partial charge in [-0.1, -0.05) is 28.1 Å². The summed E-state index contributed by atoms with van der Waals surface area (Å²) in [4.78, 5) is 0. The molecule has 14 heavy (non-hydrogen) atoms. The van der Waals surface area contributed by atoms with Crippen molar-refractivity contribution in [2.45, 2.75) is 25.7 Å². The van der Waals surface area contributed by atoms with Crippen LogP contribution < -0.4 is 5.73 Å². The largest absolute Gasteiger partial charge is 0.387 e. The standard InChI is InChI=1S/C10H13BrFNO/c1-6(13)10(14)7-2-3-8(5-12)9(11)4-7/h2-4,6,10,14H,5,13H2,1H3. The first-order valence-electron chi connectivity index (χ1n) is 4.34. The molecule has 0 aliphatic rings. The van der Waals surface area contributed by atoms with Gasteiger partial charge in [0.2, 0.25) is 0 Å². The molecular formula is C10H13BrFNO. The molecule has 1 aromatic rings. The quantitative estimate of drug-likeness (QED) is 0.877. The van der Waals surface area contributed by atoms with Gasteiger partial charge in [0.05, 0.1) is 6.10 Å². The van der Waals surface area contributed by atoms with Crippen LogP contribution in [0.1, 0.15) is 24.2 Å². The van der Waals surface area contributed by atoms with Crippen molar-refractivity contribution in [1.29, 1.82) is 0 Å². The maximum Gasteiger partial charge on any atom is 0.116 e. The number of alkyl halides is 1. The molecule has 0 fully saturated rings. The van der Waals surface area contributed by atoms with Crippen LogP contribution in [-0.4, -0.2) is 11.1 Å². The van der Waals surface area contributed by atoms with Crippen LogP contribution in [0.2, 0.25) is 0 Å². The summed E-state index contributed by atoms with van der Waals surface area (Å²) in [6.45, 7) is 1.21. The van der Waals surface area contributed by atoms with Gasteiger partial charge in [0.15, 0.2) is 0 Å². The molecule has 3 N–H and O–H groups in total. The highest BCUT2D eigenvalue weighted by atomic mass is 79.9. The Balaban J connectivity index is 2.96. The van der Waals surface area contributed by atoms with Crippen LogP contribution in [0.15, 0.2) is 22.7 Å². The van der Waals surface area contributed by atoms with Crippen LogP contribution in [0.5, 0.6) is 0 Å². The number of aliphatic hydroxyl groups excluding tert-OH is 1. The minimum atomic E-state index is -0.708. The van der Waals surface area contributed by atoms with Gasteiger partial charge < -0.3 is 10.8 Å². The molecule has 1 rings (SSSR count). The van der Waals surface area contributed by atoms with Crippen LogP contribution in [0.25, 0.3) is 0 Å². The Kier molecular flexibility index (Phi) is 4.04. The average Bonchev–Trinajstić information content (AvgIpc) is 2.16. The third-order valence-corrected chi connectivity index (χ3v) is 2.80. The summed E-state index contributed by atoms with van der Waals surface area (Å²) >= 11 is 3.23. The van der Waals surface area contributed by atoms with Gasteiger partial charge in [-0.25, -0.2) is 4.39 Å². The fraction of sp³-hybridized carbons (Fsp3) is 0.400. The maximum atomic E-state index is 12.4. The Hall–Kier alpha value is -0.450. The summed E-state index contributed by atoms with van der Waals surface area (Å²) in [6, 6.07) is 4.69. The molecule has 78 valence electrons. The topological polar surface area (TPSA) is 46.2 Å². The Bertz CT molecular complexity index is 317. The molecule has 0 spiro atoms. The van der Waals surface area contributed by atoms with E-state index in [-0.39, 0.29) is 6.04 Å². The zero-order valence-corrected chi connectivity index (χ0v) is 9.46. The van der Waals surface area contributed by atoms with Gasteiger partial charge in [0, 0.05) is 10.5 Å². The fourth-order valence-electron chi connectivity index (χ4n) is 1.16. The smallest absolute Gasteiger partial charge is 0.116 e. The lowest BCUT2D eigenvalue weighted by molar-refractivity contribution is 0.153. The molecule has 0 radical (unpaired) electrons. The Morgan fingerprint density at radius 2 is 2.21 bits per heavy atom. The van der Waals surface area contributed by atoms with Gasteiger partial charge in [-0.2, -0.15) is 0 Å². The molecule has 0 heterocycles. The van der Waals surface area contributed by atoms with Gasteiger partial charge >= 0.3 is 0 Å². The number of hydrogen-bond donors (Lipinski definition) is 2. The monoisotopic (exact) mass is 261 g/mol. The molecular weight excluding hydrogens is 249 g/mol. The fourth-order valence-corrected chi connectivity index (χ4v) is 1.66. The van der Waals surface area contributed by atoms with Crippen molar-refractivity contribution >= 4 is 15.9 Å². The van der Waals surface area contributed by atoms with Gasteiger partial charge in [0.1, 0.15) is 6.67 Å². The number of aliphatic hydroxyl groups is 1. The van der Waals surface area contributed by atoms with E-state index in [2.05, 4.69) is 15.9 Å². The average molecular weight is 262 g/mol. The third kappa shape index (κ3) is 2.53. The van der Waals surface area contributed by atoms with Gasteiger partial charge in [-0.05, 0) is 24.1 Å². The van der Waals surface area contributed by atoms with E-state index in [1.165, 1.54) is 0 Å². The second kappa shape index (κ2) is 4.87. The minimum Gasteiger partial charge on any atom is -0.387 e. The number of halogens is 2. The van der Waals surface area contributed by atoms with Crippen molar-refractivity contribution in [3.8, 4) is 0 Å². The molecule has 0 aromatic heterocycles. The highest BCUT2D eigenvalue weighted by molar-refractivity contribution is 9.10. The zero-order valence-electron chi connectivity index (χ0n) is 7.87. The lowest BCUT2D eigenvalue weighted by atomic mass is 10.0. The zero-order chi connectivity index (χ0) is 10.7.